The monoisotopic (exact) mass is 293 g/mol. The Hall–Kier alpha value is -1.51. The molecular formula is C15H13Cl2NO. The summed E-state index contributed by atoms with van der Waals surface area (Å²) in [5.41, 5.74) is 8.53. The van der Waals surface area contributed by atoms with Crippen LogP contribution in [0.15, 0.2) is 36.4 Å². The molecule has 0 aliphatic heterocycles. The Morgan fingerprint density at radius 2 is 1.74 bits per heavy atom. The number of benzene rings is 2. The normalized spacial score (nSPS) is 10.5. The number of hydrogen-bond acceptors (Lipinski definition) is 1. The van der Waals surface area contributed by atoms with E-state index in [4.69, 9.17) is 28.9 Å². The van der Waals surface area contributed by atoms with E-state index in [-0.39, 0.29) is 0 Å². The molecule has 19 heavy (non-hydrogen) atoms. The van der Waals surface area contributed by atoms with Crippen molar-refractivity contribution in [2.75, 3.05) is 0 Å². The number of carbonyl (C=O) groups is 1. The highest BCUT2D eigenvalue weighted by atomic mass is 35.5. The summed E-state index contributed by atoms with van der Waals surface area (Å²) in [6.07, 6.45) is 0.692. The zero-order valence-electron chi connectivity index (χ0n) is 10.4. The summed E-state index contributed by atoms with van der Waals surface area (Å²) in [6.45, 7) is 1.98. The summed E-state index contributed by atoms with van der Waals surface area (Å²) >= 11 is 12.3. The molecule has 1 amide bonds. The van der Waals surface area contributed by atoms with Gasteiger partial charge in [-0.3, -0.25) is 4.79 Å². The minimum Gasteiger partial charge on any atom is -0.366 e. The van der Waals surface area contributed by atoms with Crippen LogP contribution in [0, 0.1) is 0 Å². The van der Waals surface area contributed by atoms with Crippen molar-refractivity contribution in [3.63, 3.8) is 0 Å². The fourth-order valence-corrected chi connectivity index (χ4v) is 2.57. The van der Waals surface area contributed by atoms with Crippen LogP contribution in [0.2, 0.25) is 10.0 Å². The number of primary amides is 1. The molecule has 2 aromatic carbocycles. The number of nitrogens with two attached hydrogens (primary N) is 1. The molecule has 2 nitrogen and oxygen atoms in total. The second-order valence-corrected chi connectivity index (χ2v) is 4.94. The lowest BCUT2D eigenvalue weighted by Gasteiger charge is -2.13. The highest BCUT2D eigenvalue weighted by molar-refractivity contribution is 6.43. The van der Waals surface area contributed by atoms with Crippen LogP contribution in [0.4, 0.5) is 0 Å². The third kappa shape index (κ3) is 2.60. The van der Waals surface area contributed by atoms with Crippen LogP contribution in [-0.2, 0) is 6.42 Å². The quantitative estimate of drug-likeness (QED) is 0.900. The van der Waals surface area contributed by atoms with Gasteiger partial charge in [-0.25, -0.2) is 0 Å². The van der Waals surface area contributed by atoms with E-state index in [1.807, 2.05) is 25.1 Å². The minimum atomic E-state index is -0.433. The highest BCUT2D eigenvalue weighted by Gasteiger charge is 2.15. The molecule has 0 saturated carbocycles. The molecule has 0 saturated heterocycles. The summed E-state index contributed by atoms with van der Waals surface area (Å²) in [6, 6.07) is 10.9. The predicted octanol–water partition coefficient (Wildman–Crippen LogP) is 4.32. The number of carbonyl (C=O) groups excluding carboxylic acids is 1. The molecule has 0 aliphatic rings. The molecule has 0 atom stereocenters. The molecule has 0 radical (unpaired) electrons. The van der Waals surface area contributed by atoms with Crippen molar-refractivity contribution in [1.82, 2.24) is 0 Å². The summed E-state index contributed by atoms with van der Waals surface area (Å²) in [4.78, 5) is 11.5. The molecular weight excluding hydrogens is 281 g/mol. The Morgan fingerprint density at radius 3 is 2.37 bits per heavy atom. The van der Waals surface area contributed by atoms with Crippen LogP contribution in [0.5, 0.6) is 0 Å². The SMILES string of the molecule is CCc1c(C(N)=O)cccc1-c1cccc(Cl)c1Cl. The van der Waals surface area contributed by atoms with E-state index < -0.39 is 5.91 Å². The fraction of sp³-hybridized carbons (Fsp3) is 0.133. The zero-order valence-corrected chi connectivity index (χ0v) is 11.9. The van der Waals surface area contributed by atoms with Gasteiger partial charge in [0.05, 0.1) is 10.0 Å². The molecule has 2 N–H and O–H groups in total. The second-order valence-electron chi connectivity index (χ2n) is 4.15. The van der Waals surface area contributed by atoms with Crippen molar-refractivity contribution < 1.29 is 4.79 Å². The predicted molar refractivity (Wildman–Crippen MR) is 79.8 cm³/mol. The van der Waals surface area contributed by atoms with Gasteiger partial charge in [-0.15, -0.1) is 0 Å². The van der Waals surface area contributed by atoms with Crippen molar-refractivity contribution in [1.29, 1.82) is 0 Å². The lowest BCUT2D eigenvalue weighted by atomic mass is 9.93. The summed E-state index contributed by atoms with van der Waals surface area (Å²) < 4.78 is 0. The van der Waals surface area contributed by atoms with Crippen LogP contribution >= 0.6 is 23.2 Å². The van der Waals surface area contributed by atoms with E-state index in [0.29, 0.717) is 22.0 Å². The molecule has 4 heteroatoms. The molecule has 0 fully saturated rings. The molecule has 0 unspecified atom stereocenters. The van der Waals surface area contributed by atoms with Crippen LogP contribution in [0.3, 0.4) is 0 Å². The van der Waals surface area contributed by atoms with Crippen molar-refractivity contribution in [2.24, 2.45) is 5.73 Å². The first-order chi connectivity index (χ1) is 9.06. The molecule has 0 aliphatic carbocycles. The van der Waals surface area contributed by atoms with E-state index in [1.165, 1.54) is 0 Å². The van der Waals surface area contributed by atoms with E-state index in [1.54, 1.807) is 18.2 Å². The zero-order chi connectivity index (χ0) is 14.0. The number of hydrogen-bond donors (Lipinski definition) is 1. The Morgan fingerprint density at radius 1 is 1.11 bits per heavy atom. The molecule has 98 valence electrons. The molecule has 2 aromatic rings. The Kier molecular flexibility index (Phi) is 4.13. The standard InChI is InChI=1S/C15H13Cl2NO/c1-2-9-10(5-3-7-12(9)15(18)19)11-6-4-8-13(16)14(11)17/h3-8H,2H2,1H3,(H2,18,19). The first-order valence-corrected chi connectivity index (χ1v) is 6.68. The number of halogens is 2. The van der Waals surface area contributed by atoms with Gasteiger partial charge >= 0.3 is 0 Å². The van der Waals surface area contributed by atoms with Gasteiger partial charge in [0.1, 0.15) is 0 Å². The van der Waals surface area contributed by atoms with E-state index >= 15 is 0 Å². The summed E-state index contributed by atoms with van der Waals surface area (Å²) in [5, 5.41) is 0.978. The third-order valence-corrected chi connectivity index (χ3v) is 3.86. The number of rotatable bonds is 3. The number of amides is 1. The van der Waals surface area contributed by atoms with Gasteiger partial charge in [0, 0.05) is 11.1 Å². The van der Waals surface area contributed by atoms with Crippen LogP contribution in [-0.4, -0.2) is 5.91 Å². The largest absolute Gasteiger partial charge is 0.366 e. The molecule has 0 spiro atoms. The van der Waals surface area contributed by atoms with Gasteiger partial charge in [0.15, 0.2) is 0 Å². The van der Waals surface area contributed by atoms with E-state index in [9.17, 15) is 4.79 Å². The molecule has 0 aromatic heterocycles. The van der Waals surface area contributed by atoms with Gasteiger partial charge in [-0.2, -0.15) is 0 Å². The smallest absolute Gasteiger partial charge is 0.248 e. The Labute approximate surface area is 122 Å². The average molecular weight is 294 g/mol. The lowest BCUT2D eigenvalue weighted by Crippen LogP contribution is -2.14. The maximum absolute atomic E-state index is 11.5. The van der Waals surface area contributed by atoms with E-state index in [0.717, 1.165) is 16.7 Å². The second kappa shape index (κ2) is 5.64. The van der Waals surface area contributed by atoms with Crippen molar-refractivity contribution in [2.45, 2.75) is 13.3 Å². The van der Waals surface area contributed by atoms with Crippen molar-refractivity contribution in [3.8, 4) is 11.1 Å². The lowest BCUT2D eigenvalue weighted by molar-refractivity contribution is 0.0999. The first kappa shape index (κ1) is 13.9. The topological polar surface area (TPSA) is 43.1 Å². The van der Waals surface area contributed by atoms with Crippen LogP contribution < -0.4 is 5.73 Å². The third-order valence-electron chi connectivity index (χ3n) is 3.04. The molecule has 2 rings (SSSR count). The highest BCUT2D eigenvalue weighted by Crippen LogP contribution is 2.36. The summed E-state index contributed by atoms with van der Waals surface area (Å²) in [7, 11) is 0. The first-order valence-electron chi connectivity index (χ1n) is 5.92. The van der Waals surface area contributed by atoms with E-state index in [2.05, 4.69) is 0 Å². The fourth-order valence-electron chi connectivity index (χ4n) is 2.16. The maximum atomic E-state index is 11.5. The maximum Gasteiger partial charge on any atom is 0.248 e. The molecule has 0 heterocycles. The summed E-state index contributed by atoms with van der Waals surface area (Å²) in [5.74, 6) is -0.433. The van der Waals surface area contributed by atoms with Gasteiger partial charge in [0.25, 0.3) is 0 Å². The van der Waals surface area contributed by atoms with Crippen molar-refractivity contribution >= 4 is 29.1 Å². The average Bonchev–Trinajstić information content (AvgIpc) is 2.41. The Bertz CT molecular complexity index is 638. The van der Waals surface area contributed by atoms with Gasteiger partial charge in [0.2, 0.25) is 5.91 Å². The van der Waals surface area contributed by atoms with Crippen LogP contribution in [0.25, 0.3) is 11.1 Å². The van der Waals surface area contributed by atoms with Crippen molar-refractivity contribution in [3.05, 3.63) is 57.6 Å². The van der Waals surface area contributed by atoms with Gasteiger partial charge < -0.3 is 5.73 Å². The van der Waals surface area contributed by atoms with Gasteiger partial charge in [-0.1, -0.05) is 54.4 Å². The molecule has 0 bridgehead atoms. The Balaban J connectivity index is 2.72. The van der Waals surface area contributed by atoms with Crippen LogP contribution in [0.1, 0.15) is 22.8 Å². The van der Waals surface area contributed by atoms with Gasteiger partial charge in [-0.05, 0) is 29.7 Å². The minimum absolute atomic E-state index is 0.433.